The summed E-state index contributed by atoms with van der Waals surface area (Å²) in [6.45, 7) is 7.00. The van der Waals surface area contributed by atoms with E-state index in [0.717, 1.165) is 19.2 Å². The predicted molar refractivity (Wildman–Crippen MR) is 78.2 cm³/mol. The van der Waals surface area contributed by atoms with Gasteiger partial charge in [-0.2, -0.15) is 0 Å². The first-order chi connectivity index (χ1) is 9.88. The van der Waals surface area contributed by atoms with Crippen molar-refractivity contribution in [2.75, 3.05) is 32.8 Å². The van der Waals surface area contributed by atoms with Crippen molar-refractivity contribution in [3.63, 3.8) is 0 Å². The number of hydrogen-bond acceptors (Lipinski definition) is 4. The molecule has 0 aromatic heterocycles. The molecule has 1 aromatic carbocycles. The minimum atomic E-state index is -3.71. The first kappa shape index (κ1) is 16.4. The number of rotatable bonds is 5. The van der Waals surface area contributed by atoms with Crippen molar-refractivity contribution in [1.29, 1.82) is 0 Å². The zero-order chi connectivity index (χ0) is 15.5. The zero-order valence-electron chi connectivity index (χ0n) is 12.3. The first-order valence-electron chi connectivity index (χ1n) is 6.97. The van der Waals surface area contributed by atoms with Gasteiger partial charge in [0, 0.05) is 25.7 Å². The van der Waals surface area contributed by atoms with Crippen LogP contribution in [0.25, 0.3) is 0 Å². The molecular weight excluding hydrogens is 295 g/mol. The van der Waals surface area contributed by atoms with Gasteiger partial charge in [0.2, 0.25) is 10.0 Å². The second-order valence-corrected chi connectivity index (χ2v) is 7.03. The monoisotopic (exact) mass is 316 g/mol. The second-order valence-electron chi connectivity index (χ2n) is 5.35. The Morgan fingerprint density at radius 1 is 1.38 bits per heavy atom. The Morgan fingerprint density at radius 2 is 2.05 bits per heavy atom. The van der Waals surface area contributed by atoms with Crippen LogP contribution < -0.4 is 4.72 Å². The van der Waals surface area contributed by atoms with E-state index in [2.05, 4.69) is 9.62 Å². The summed E-state index contributed by atoms with van der Waals surface area (Å²) in [5.74, 6) is -0.554. The molecule has 0 unspecified atom stereocenters. The predicted octanol–water partition coefficient (Wildman–Crippen LogP) is 1.13. The van der Waals surface area contributed by atoms with E-state index < -0.39 is 15.8 Å². The van der Waals surface area contributed by atoms with Crippen molar-refractivity contribution in [2.45, 2.75) is 24.8 Å². The van der Waals surface area contributed by atoms with Crippen molar-refractivity contribution >= 4 is 10.0 Å². The normalized spacial score (nSPS) is 18.6. The Balaban J connectivity index is 2.04. The third-order valence-corrected chi connectivity index (χ3v) is 5.16. The third kappa shape index (κ3) is 4.47. The van der Waals surface area contributed by atoms with Crippen molar-refractivity contribution in [3.05, 3.63) is 29.6 Å². The highest BCUT2D eigenvalue weighted by atomic mass is 32.2. The topological polar surface area (TPSA) is 58.6 Å². The van der Waals surface area contributed by atoms with E-state index in [9.17, 15) is 12.8 Å². The maximum Gasteiger partial charge on any atom is 0.241 e. The van der Waals surface area contributed by atoms with Crippen molar-refractivity contribution in [3.8, 4) is 0 Å². The highest BCUT2D eigenvalue weighted by Gasteiger charge is 2.22. The van der Waals surface area contributed by atoms with Crippen LogP contribution in [0.15, 0.2) is 23.1 Å². The molecule has 1 atom stereocenters. The highest BCUT2D eigenvalue weighted by Crippen LogP contribution is 2.16. The molecule has 118 valence electrons. The van der Waals surface area contributed by atoms with Crippen LogP contribution in [-0.4, -0.2) is 52.2 Å². The lowest BCUT2D eigenvalue weighted by molar-refractivity contribution is 0.0354. The van der Waals surface area contributed by atoms with Gasteiger partial charge in [-0.05, 0) is 31.5 Å². The number of nitrogens with zero attached hydrogens (tertiary/aromatic N) is 1. The summed E-state index contributed by atoms with van der Waals surface area (Å²) in [6.07, 6.45) is 0. The van der Waals surface area contributed by atoms with Crippen LogP contribution >= 0.6 is 0 Å². The van der Waals surface area contributed by atoms with Gasteiger partial charge < -0.3 is 4.74 Å². The number of aryl methyl sites for hydroxylation is 1. The molecular formula is C14H21FN2O3S. The smallest absolute Gasteiger partial charge is 0.241 e. The van der Waals surface area contributed by atoms with Crippen molar-refractivity contribution in [2.24, 2.45) is 0 Å². The molecule has 0 saturated carbocycles. The van der Waals surface area contributed by atoms with E-state index in [1.165, 1.54) is 12.1 Å². The summed E-state index contributed by atoms with van der Waals surface area (Å²) in [5.41, 5.74) is 0.530. The number of ether oxygens (including phenoxy) is 1. The van der Waals surface area contributed by atoms with E-state index in [1.54, 1.807) is 6.92 Å². The summed E-state index contributed by atoms with van der Waals surface area (Å²) in [7, 11) is -3.71. The van der Waals surface area contributed by atoms with Crippen LogP contribution in [0, 0.1) is 12.7 Å². The molecule has 0 amide bonds. The van der Waals surface area contributed by atoms with E-state index >= 15 is 0 Å². The van der Waals surface area contributed by atoms with Gasteiger partial charge in [0.1, 0.15) is 5.82 Å². The van der Waals surface area contributed by atoms with Gasteiger partial charge in [-0.1, -0.05) is 6.07 Å². The fourth-order valence-electron chi connectivity index (χ4n) is 2.40. The summed E-state index contributed by atoms with van der Waals surface area (Å²) < 4.78 is 45.8. The average Bonchev–Trinajstić information content (AvgIpc) is 2.41. The van der Waals surface area contributed by atoms with Crippen LogP contribution in [-0.2, 0) is 14.8 Å². The molecule has 21 heavy (non-hydrogen) atoms. The molecule has 1 heterocycles. The molecule has 2 rings (SSSR count). The third-order valence-electron chi connectivity index (χ3n) is 3.43. The molecule has 1 N–H and O–H groups in total. The quantitative estimate of drug-likeness (QED) is 0.885. The lowest BCUT2D eigenvalue weighted by atomic mass is 10.2. The second kappa shape index (κ2) is 6.83. The SMILES string of the molecule is Cc1ccc(F)cc1S(=O)(=O)N[C@H](C)CN1CCOCC1. The molecule has 1 aliphatic heterocycles. The lowest BCUT2D eigenvalue weighted by Gasteiger charge is -2.29. The standard InChI is InChI=1S/C14H21FN2O3S/c1-11-3-4-13(15)9-14(11)21(18,19)16-12(2)10-17-5-7-20-8-6-17/h3-4,9,12,16H,5-8,10H2,1-2H3/t12-/m1/s1. The van der Waals surface area contributed by atoms with Gasteiger partial charge in [-0.15, -0.1) is 0 Å². The van der Waals surface area contributed by atoms with Crippen LogP contribution in [0.5, 0.6) is 0 Å². The van der Waals surface area contributed by atoms with Crippen molar-refractivity contribution < 1.29 is 17.5 Å². The van der Waals surface area contributed by atoms with Crippen LogP contribution in [0.4, 0.5) is 4.39 Å². The highest BCUT2D eigenvalue weighted by molar-refractivity contribution is 7.89. The molecule has 0 radical (unpaired) electrons. The molecule has 1 fully saturated rings. The number of sulfonamides is 1. The lowest BCUT2D eigenvalue weighted by Crippen LogP contribution is -2.46. The Labute approximate surface area is 125 Å². The van der Waals surface area contributed by atoms with Crippen LogP contribution in [0.2, 0.25) is 0 Å². The first-order valence-corrected chi connectivity index (χ1v) is 8.45. The molecule has 1 aliphatic rings. The summed E-state index contributed by atoms with van der Waals surface area (Å²) >= 11 is 0. The molecule has 7 heteroatoms. The average molecular weight is 316 g/mol. The number of nitrogens with one attached hydrogen (secondary N) is 1. The molecule has 0 aliphatic carbocycles. The van der Waals surface area contributed by atoms with Gasteiger partial charge in [0.05, 0.1) is 18.1 Å². The van der Waals surface area contributed by atoms with Gasteiger partial charge in [-0.25, -0.2) is 17.5 Å². The molecule has 1 saturated heterocycles. The fourth-order valence-corrected chi connectivity index (χ4v) is 3.89. The molecule has 1 aromatic rings. The van der Waals surface area contributed by atoms with E-state index in [0.29, 0.717) is 25.3 Å². The van der Waals surface area contributed by atoms with Gasteiger partial charge in [0.25, 0.3) is 0 Å². The van der Waals surface area contributed by atoms with E-state index in [1.807, 2.05) is 6.92 Å². The summed E-state index contributed by atoms with van der Waals surface area (Å²) in [6, 6.07) is 3.53. The van der Waals surface area contributed by atoms with Gasteiger partial charge >= 0.3 is 0 Å². The maximum absolute atomic E-state index is 13.3. The number of hydrogen-bond donors (Lipinski definition) is 1. The number of benzene rings is 1. The van der Waals surface area contributed by atoms with Crippen LogP contribution in [0.3, 0.4) is 0 Å². The number of morpholine rings is 1. The van der Waals surface area contributed by atoms with Gasteiger partial charge in [-0.3, -0.25) is 4.90 Å². The fraction of sp³-hybridized carbons (Fsp3) is 0.571. The molecule has 5 nitrogen and oxygen atoms in total. The molecule has 0 spiro atoms. The van der Waals surface area contributed by atoms with E-state index in [-0.39, 0.29) is 10.9 Å². The van der Waals surface area contributed by atoms with Crippen molar-refractivity contribution in [1.82, 2.24) is 9.62 Å². The number of halogens is 1. The Bertz CT molecular complexity index is 586. The molecule has 0 bridgehead atoms. The largest absolute Gasteiger partial charge is 0.379 e. The maximum atomic E-state index is 13.3. The minimum absolute atomic E-state index is 0.00340. The van der Waals surface area contributed by atoms with E-state index in [4.69, 9.17) is 4.74 Å². The summed E-state index contributed by atoms with van der Waals surface area (Å²) in [4.78, 5) is 2.14. The Kier molecular flexibility index (Phi) is 5.32. The minimum Gasteiger partial charge on any atom is -0.379 e. The Hall–Kier alpha value is -1.02. The van der Waals surface area contributed by atoms with Crippen LogP contribution in [0.1, 0.15) is 12.5 Å². The zero-order valence-corrected chi connectivity index (χ0v) is 13.1. The Morgan fingerprint density at radius 3 is 2.71 bits per heavy atom. The van der Waals surface area contributed by atoms with Gasteiger partial charge in [0.15, 0.2) is 0 Å². The summed E-state index contributed by atoms with van der Waals surface area (Å²) in [5, 5.41) is 0.